The average molecular weight is 332 g/mol. The fraction of sp³-hybridized carbons (Fsp3) is 0.150. The van der Waals surface area contributed by atoms with Crippen LogP contribution in [0.1, 0.15) is 27.2 Å². The Bertz CT molecular complexity index is 878. The Morgan fingerprint density at radius 1 is 1.00 bits per heavy atom. The van der Waals surface area contributed by atoms with E-state index in [1.54, 1.807) is 12.3 Å². The summed E-state index contributed by atoms with van der Waals surface area (Å²) >= 11 is 0. The maximum absolute atomic E-state index is 12.4. The zero-order valence-electron chi connectivity index (χ0n) is 14.3. The lowest BCUT2D eigenvalue weighted by Gasteiger charge is -2.09. The fourth-order valence-corrected chi connectivity index (χ4v) is 2.36. The summed E-state index contributed by atoms with van der Waals surface area (Å²) in [6.45, 7) is 4.65. The van der Waals surface area contributed by atoms with Crippen LogP contribution in [0.3, 0.4) is 0 Å². The predicted octanol–water partition coefficient (Wildman–Crippen LogP) is 3.96. The molecule has 0 radical (unpaired) electrons. The minimum atomic E-state index is -0.256. The summed E-state index contributed by atoms with van der Waals surface area (Å²) < 4.78 is 0. The second-order valence-corrected chi connectivity index (χ2v) is 5.86. The van der Waals surface area contributed by atoms with Crippen molar-refractivity contribution < 1.29 is 4.79 Å². The van der Waals surface area contributed by atoms with Gasteiger partial charge in [0.05, 0.1) is 0 Å². The second-order valence-electron chi connectivity index (χ2n) is 5.86. The lowest BCUT2D eigenvalue weighted by atomic mass is 10.1. The third-order valence-electron chi connectivity index (χ3n) is 3.95. The number of rotatable bonds is 5. The molecule has 0 fully saturated rings. The van der Waals surface area contributed by atoms with Gasteiger partial charge in [-0.15, -0.1) is 0 Å². The Morgan fingerprint density at radius 2 is 1.80 bits per heavy atom. The van der Waals surface area contributed by atoms with Crippen LogP contribution in [0.15, 0.2) is 60.8 Å². The van der Waals surface area contributed by atoms with Gasteiger partial charge < -0.3 is 10.6 Å². The highest BCUT2D eigenvalue weighted by Gasteiger charge is 2.09. The molecule has 2 aromatic carbocycles. The number of aryl methyl sites for hydroxylation is 2. The van der Waals surface area contributed by atoms with Crippen molar-refractivity contribution >= 4 is 17.5 Å². The third kappa shape index (κ3) is 4.41. The van der Waals surface area contributed by atoms with Gasteiger partial charge in [0.25, 0.3) is 5.91 Å². The van der Waals surface area contributed by atoms with Crippen LogP contribution in [-0.2, 0) is 6.54 Å². The molecule has 3 rings (SSSR count). The molecule has 0 saturated carbocycles. The largest absolute Gasteiger partial charge is 0.350 e. The molecule has 1 heterocycles. The molecule has 5 heteroatoms. The molecule has 25 heavy (non-hydrogen) atoms. The molecule has 2 N–H and O–H groups in total. The smallest absolute Gasteiger partial charge is 0.274 e. The number of hydrogen-bond acceptors (Lipinski definition) is 4. The molecule has 1 aromatic heterocycles. The fourth-order valence-electron chi connectivity index (χ4n) is 2.36. The van der Waals surface area contributed by atoms with Crippen molar-refractivity contribution in [2.24, 2.45) is 0 Å². The summed E-state index contributed by atoms with van der Waals surface area (Å²) in [7, 11) is 0. The van der Waals surface area contributed by atoms with E-state index in [0.717, 1.165) is 16.8 Å². The highest BCUT2D eigenvalue weighted by atomic mass is 16.1. The first-order chi connectivity index (χ1) is 12.1. The monoisotopic (exact) mass is 332 g/mol. The van der Waals surface area contributed by atoms with Crippen molar-refractivity contribution in [3.63, 3.8) is 0 Å². The van der Waals surface area contributed by atoms with Gasteiger partial charge in [0.1, 0.15) is 5.69 Å². The Morgan fingerprint density at radius 3 is 2.56 bits per heavy atom. The SMILES string of the molecule is Cc1ccc(NC(=O)c2ccnc(NCc3ccccc3)n2)cc1C. The second kappa shape index (κ2) is 7.57. The first-order valence-electron chi connectivity index (χ1n) is 8.11. The average Bonchev–Trinajstić information content (AvgIpc) is 2.64. The van der Waals surface area contributed by atoms with Crippen molar-refractivity contribution in [1.29, 1.82) is 0 Å². The maximum Gasteiger partial charge on any atom is 0.274 e. The Balaban J connectivity index is 1.67. The number of aromatic nitrogens is 2. The van der Waals surface area contributed by atoms with E-state index in [-0.39, 0.29) is 5.91 Å². The van der Waals surface area contributed by atoms with E-state index < -0.39 is 0 Å². The van der Waals surface area contributed by atoms with E-state index in [9.17, 15) is 4.79 Å². The maximum atomic E-state index is 12.4. The van der Waals surface area contributed by atoms with Gasteiger partial charge in [0, 0.05) is 18.4 Å². The molecule has 0 aliphatic carbocycles. The molecule has 0 spiro atoms. The molecule has 0 bridgehead atoms. The number of nitrogens with zero attached hydrogens (tertiary/aromatic N) is 2. The van der Waals surface area contributed by atoms with Gasteiger partial charge in [-0.2, -0.15) is 0 Å². The summed E-state index contributed by atoms with van der Waals surface area (Å²) in [6.07, 6.45) is 1.58. The number of carbonyl (C=O) groups excluding carboxylic acids is 1. The third-order valence-corrected chi connectivity index (χ3v) is 3.95. The van der Waals surface area contributed by atoms with Crippen LogP contribution < -0.4 is 10.6 Å². The summed E-state index contributed by atoms with van der Waals surface area (Å²) in [5.41, 5.74) is 4.52. The van der Waals surface area contributed by atoms with Crippen LogP contribution in [0.25, 0.3) is 0 Å². The van der Waals surface area contributed by atoms with E-state index in [0.29, 0.717) is 18.2 Å². The molecule has 0 aliphatic heterocycles. The van der Waals surface area contributed by atoms with Gasteiger partial charge in [0.15, 0.2) is 0 Å². The lowest BCUT2D eigenvalue weighted by molar-refractivity contribution is 0.102. The number of benzene rings is 2. The molecule has 1 amide bonds. The van der Waals surface area contributed by atoms with Gasteiger partial charge in [-0.3, -0.25) is 4.79 Å². The Kier molecular flexibility index (Phi) is 5.04. The molecule has 0 atom stereocenters. The van der Waals surface area contributed by atoms with Crippen LogP contribution in [0.2, 0.25) is 0 Å². The van der Waals surface area contributed by atoms with E-state index >= 15 is 0 Å². The van der Waals surface area contributed by atoms with Crippen molar-refractivity contribution in [2.45, 2.75) is 20.4 Å². The van der Waals surface area contributed by atoms with E-state index in [2.05, 4.69) is 20.6 Å². The normalized spacial score (nSPS) is 10.3. The topological polar surface area (TPSA) is 66.9 Å². The number of amides is 1. The molecule has 0 unspecified atom stereocenters. The van der Waals surface area contributed by atoms with E-state index in [1.165, 1.54) is 5.56 Å². The van der Waals surface area contributed by atoms with Crippen LogP contribution in [0.5, 0.6) is 0 Å². The van der Waals surface area contributed by atoms with Crippen molar-refractivity contribution in [1.82, 2.24) is 9.97 Å². The minimum absolute atomic E-state index is 0.256. The number of anilines is 2. The Hall–Kier alpha value is -3.21. The van der Waals surface area contributed by atoms with E-state index in [4.69, 9.17) is 0 Å². The Labute approximate surface area is 147 Å². The van der Waals surface area contributed by atoms with Gasteiger partial charge >= 0.3 is 0 Å². The highest BCUT2D eigenvalue weighted by Crippen LogP contribution is 2.15. The van der Waals surface area contributed by atoms with Crippen LogP contribution >= 0.6 is 0 Å². The van der Waals surface area contributed by atoms with Gasteiger partial charge in [-0.05, 0) is 48.7 Å². The summed E-state index contributed by atoms with van der Waals surface area (Å²) in [6, 6.07) is 17.4. The summed E-state index contributed by atoms with van der Waals surface area (Å²) in [5, 5.41) is 6.00. The zero-order valence-corrected chi connectivity index (χ0v) is 14.3. The summed E-state index contributed by atoms with van der Waals surface area (Å²) in [4.78, 5) is 20.9. The lowest BCUT2D eigenvalue weighted by Crippen LogP contribution is -2.15. The number of hydrogen-bond donors (Lipinski definition) is 2. The molecule has 3 aromatic rings. The van der Waals surface area contributed by atoms with Crippen molar-refractivity contribution in [3.8, 4) is 0 Å². The number of nitrogens with one attached hydrogen (secondary N) is 2. The first-order valence-corrected chi connectivity index (χ1v) is 8.11. The van der Waals surface area contributed by atoms with Crippen molar-refractivity contribution in [2.75, 3.05) is 10.6 Å². The molecule has 0 saturated heterocycles. The minimum Gasteiger partial charge on any atom is -0.350 e. The van der Waals surface area contributed by atoms with Crippen LogP contribution in [0.4, 0.5) is 11.6 Å². The molecular formula is C20H20N4O. The molecular weight excluding hydrogens is 312 g/mol. The van der Waals surface area contributed by atoms with Gasteiger partial charge in [-0.25, -0.2) is 9.97 Å². The van der Waals surface area contributed by atoms with Gasteiger partial charge in [0.2, 0.25) is 5.95 Å². The quantitative estimate of drug-likeness (QED) is 0.742. The highest BCUT2D eigenvalue weighted by molar-refractivity contribution is 6.03. The molecule has 0 aliphatic rings. The van der Waals surface area contributed by atoms with Crippen molar-refractivity contribution in [3.05, 3.63) is 83.2 Å². The van der Waals surface area contributed by atoms with E-state index in [1.807, 2.05) is 62.4 Å². The predicted molar refractivity (Wildman–Crippen MR) is 99.7 cm³/mol. The first kappa shape index (κ1) is 16.6. The standard InChI is InChI=1S/C20H20N4O/c1-14-8-9-17(12-15(14)2)23-19(25)18-10-11-21-20(24-18)22-13-16-6-4-3-5-7-16/h3-12H,13H2,1-2H3,(H,23,25)(H,21,22,24). The number of carbonyl (C=O) groups is 1. The molecule has 126 valence electrons. The van der Waals surface area contributed by atoms with Crippen LogP contribution in [-0.4, -0.2) is 15.9 Å². The molecule has 5 nitrogen and oxygen atoms in total. The summed E-state index contributed by atoms with van der Waals surface area (Å²) in [5.74, 6) is 0.171. The van der Waals surface area contributed by atoms with Gasteiger partial charge in [-0.1, -0.05) is 36.4 Å². The zero-order chi connectivity index (χ0) is 17.6. The van der Waals surface area contributed by atoms with Crippen LogP contribution in [0, 0.1) is 13.8 Å².